The molecular formula is C24H18FN5. The lowest BCUT2D eigenvalue weighted by molar-refractivity contribution is 0.220. The van der Waals surface area contributed by atoms with Gasteiger partial charge >= 0.3 is 0 Å². The number of nitrogens with zero attached hydrogens (tertiary/aromatic N) is 5. The first-order valence-electron chi connectivity index (χ1n) is 9.62. The molecular weight excluding hydrogens is 377 g/mol. The van der Waals surface area contributed by atoms with E-state index in [-0.39, 0.29) is 6.42 Å². The molecule has 0 aliphatic heterocycles. The summed E-state index contributed by atoms with van der Waals surface area (Å²) in [6.07, 6.45) is 10.0. The predicted octanol–water partition coefficient (Wildman–Crippen LogP) is 4.67. The maximum absolute atomic E-state index is 16.8. The van der Waals surface area contributed by atoms with Crippen molar-refractivity contribution in [2.75, 3.05) is 0 Å². The third kappa shape index (κ3) is 3.12. The van der Waals surface area contributed by atoms with E-state index >= 15 is 4.39 Å². The summed E-state index contributed by atoms with van der Waals surface area (Å²) in [4.78, 5) is 17.2. The first-order chi connectivity index (χ1) is 14.8. The zero-order valence-electron chi connectivity index (χ0n) is 16.1. The van der Waals surface area contributed by atoms with E-state index in [0.29, 0.717) is 11.1 Å². The van der Waals surface area contributed by atoms with Crippen LogP contribution in [0, 0.1) is 0 Å². The third-order valence-corrected chi connectivity index (χ3v) is 5.23. The van der Waals surface area contributed by atoms with Crippen LogP contribution in [0.3, 0.4) is 0 Å². The van der Waals surface area contributed by atoms with Crippen LogP contribution in [0.25, 0.3) is 16.9 Å². The Morgan fingerprint density at radius 3 is 2.17 bits per heavy atom. The SMILES string of the molecule is FC(Cc1ccccc1-n1cnc2cccnc21)(c1cccnc1)c1cccnc1. The summed E-state index contributed by atoms with van der Waals surface area (Å²) >= 11 is 0. The van der Waals surface area contributed by atoms with Crippen molar-refractivity contribution < 1.29 is 4.39 Å². The van der Waals surface area contributed by atoms with E-state index in [9.17, 15) is 0 Å². The van der Waals surface area contributed by atoms with Crippen molar-refractivity contribution in [1.29, 1.82) is 0 Å². The van der Waals surface area contributed by atoms with Gasteiger partial charge in [0.25, 0.3) is 0 Å². The van der Waals surface area contributed by atoms with Crippen LogP contribution in [0.1, 0.15) is 16.7 Å². The summed E-state index contributed by atoms with van der Waals surface area (Å²) in [7, 11) is 0. The van der Waals surface area contributed by atoms with Gasteiger partial charge in [0.15, 0.2) is 11.3 Å². The molecule has 5 nitrogen and oxygen atoms in total. The normalized spacial score (nSPS) is 11.6. The molecule has 0 atom stereocenters. The van der Waals surface area contributed by atoms with Crippen LogP contribution in [0.2, 0.25) is 0 Å². The van der Waals surface area contributed by atoms with Crippen LogP contribution in [-0.2, 0) is 12.1 Å². The Morgan fingerprint density at radius 1 is 0.767 bits per heavy atom. The number of fused-ring (bicyclic) bond motifs is 1. The molecule has 0 spiro atoms. The van der Waals surface area contributed by atoms with Crippen molar-refractivity contribution in [3.05, 3.63) is 115 Å². The fraction of sp³-hybridized carbons (Fsp3) is 0.0833. The molecule has 0 unspecified atom stereocenters. The smallest absolute Gasteiger partial charge is 0.168 e. The molecule has 0 saturated heterocycles. The van der Waals surface area contributed by atoms with E-state index in [1.807, 2.05) is 41.0 Å². The topological polar surface area (TPSA) is 56.5 Å². The van der Waals surface area contributed by atoms with Gasteiger partial charge in [-0.15, -0.1) is 0 Å². The maximum Gasteiger partial charge on any atom is 0.168 e. The van der Waals surface area contributed by atoms with Crippen LogP contribution in [0.15, 0.2) is 98.0 Å². The highest BCUT2D eigenvalue weighted by molar-refractivity contribution is 5.73. The average molecular weight is 395 g/mol. The highest BCUT2D eigenvalue weighted by Gasteiger charge is 2.36. The van der Waals surface area contributed by atoms with Crippen LogP contribution in [0.5, 0.6) is 0 Å². The first kappa shape index (κ1) is 18.1. The van der Waals surface area contributed by atoms with Crippen molar-refractivity contribution in [2.24, 2.45) is 0 Å². The minimum atomic E-state index is -1.79. The summed E-state index contributed by atoms with van der Waals surface area (Å²) in [5.74, 6) is 0. The Morgan fingerprint density at radius 2 is 1.47 bits per heavy atom. The molecule has 146 valence electrons. The monoisotopic (exact) mass is 395 g/mol. The summed E-state index contributed by atoms with van der Waals surface area (Å²) < 4.78 is 18.7. The highest BCUT2D eigenvalue weighted by Crippen LogP contribution is 2.38. The Balaban J connectivity index is 1.66. The fourth-order valence-corrected chi connectivity index (χ4v) is 3.75. The number of benzene rings is 1. The van der Waals surface area contributed by atoms with Gasteiger partial charge < -0.3 is 0 Å². The number of para-hydroxylation sites is 1. The standard InChI is InChI=1S/C24H18FN5/c25-24(19-7-3-11-26-15-19,20-8-4-12-27-16-20)14-18-6-1-2-10-22(18)30-17-29-21-9-5-13-28-23(21)30/h1-13,15-17H,14H2. The minimum absolute atomic E-state index is 0.118. The van der Waals surface area contributed by atoms with Gasteiger partial charge in [0.1, 0.15) is 11.8 Å². The van der Waals surface area contributed by atoms with E-state index in [0.717, 1.165) is 22.4 Å². The molecule has 4 heterocycles. The van der Waals surface area contributed by atoms with Gasteiger partial charge in [0, 0.05) is 48.5 Å². The van der Waals surface area contributed by atoms with Gasteiger partial charge in [-0.05, 0) is 35.9 Å². The molecule has 0 bridgehead atoms. The van der Waals surface area contributed by atoms with E-state index in [1.165, 1.54) is 0 Å². The van der Waals surface area contributed by atoms with E-state index in [1.54, 1.807) is 61.6 Å². The average Bonchev–Trinajstić information content (AvgIpc) is 3.24. The molecule has 30 heavy (non-hydrogen) atoms. The lowest BCUT2D eigenvalue weighted by atomic mass is 9.84. The maximum atomic E-state index is 16.8. The quantitative estimate of drug-likeness (QED) is 0.434. The number of aromatic nitrogens is 5. The van der Waals surface area contributed by atoms with E-state index in [2.05, 4.69) is 19.9 Å². The molecule has 5 aromatic rings. The molecule has 6 heteroatoms. The number of halogens is 1. The van der Waals surface area contributed by atoms with Gasteiger partial charge in [-0.2, -0.15) is 0 Å². The molecule has 0 aliphatic carbocycles. The number of pyridine rings is 3. The fourth-order valence-electron chi connectivity index (χ4n) is 3.75. The molecule has 0 N–H and O–H groups in total. The molecule has 0 fully saturated rings. The van der Waals surface area contributed by atoms with Crippen molar-refractivity contribution in [3.63, 3.8) is 0 Å². The van der Waals surface area contributed by atoms with Gasteiger partial charge in [-0.3, -0.25) is 14.5 Å². The van der Waals surface area contributed by atoms with E-state index in [4.69, 9.17) is 0 Å². The largest absolute Gasteiger partial charge is 0.283 e. The van der Waals surface area contributed by atoms with Crippen molar-refractivity contribution in [3.8, 4) is 5.69 Å². The Hall–Kier alpha value is -3.93. The van der Waals surface area contributed by atoms with E-state index < -0.39 is 5.67 Å². The molecule has 0 radical (unpaired) electrons. The van der Waals surface area contributed by atoms with Crippen LogP contribution in [0.4, 0.5) is 4.39 Å². The number of hydrogen-bond donors (Lipinski definition) is 0. The molecule has 1 aromatic carbocycles. The van der Waals surface area contributed by atoms with Crippen molar-refractivity contribution in [2.45, 2.75) is 12.1 Å². The van der Waals surface area contributed by atoms with Gasteiger partial charge in [0.05, 0.1) is 5.69 Å². The zero-order valence-corrected chi connectivity index (χ0v) is 16.1. The molecule has 0 saturated carbocycles. The summed E-state index contributed by atoms with van der Waals surface area (Å²) in [5, 5.41) is 0. The second-order valence-electron chi connectivity index (χ2n) is 7.05. The second kappa shape index (κ2) is 7.48. The molecule has 4 aromatic heterocycles. The lowest BCUT2D eigenvalue weighted by Crippen LogP contribution is -2.26. The first-order valence-corrected chi connectivity index (χ1v) is 9.62. The number of rotatable bonds is 5. The lowest BCUT2D eigenvalue weighted by Gasteiger charge is -2.27. The highest BCUT2D eigenvalue weighted by atomic mass is 19.1. The number of imidazole rings is 1. The molecule has 5 rings (SSSR count). The predicted molar refractivity (Wildman–Crippen MR) is 113 cm³/mol. The van der Waals surface area contributed by atoms with Gasteiger partial charge in [-0.1, -0.05) is 30.3 Å². The Kier molecular flexibility index (Phi) is 4.52. The minimum Gasteiger partial charge on any atom is -0.283 e. The zero-order chi connectivity index (χ0) is 20.4. The van der Waals surface area contributed by atoms with Crippen LogP contribution < -0.4 is 0 Å². The van der Waals surface area contributed by atoms with Gasteiger partial charge in [-0.25, -0.2) is 14.4 Å². The number of alkyl halides is 1. The molecule has 0 aliphatic rings. The Labute approximate surface area is 172 Å². The number of hydrogen-bond acceptors (Lipinski definition) is 4. The summed E-state index contributed by atoms with van der Waals surface area (Å²) in [5.41, 5.74) is 2.38. The van der Waals surface area contributed by atoms with Crippen molar-refractivity contribution >= 4 is 11.2 Å². The van der Waals surface area contributed by atoms with Crippen LogP contribution in [-0.4, -0.2) is 24.5 Å². The Bertz CT molecular complexity index is 1250. The molecule has 0 amide bonds. The summed E-state index contributed by atoms with van der Waals surface area (Å²) in [6, 6.07) is 18.5. The third-order valence-electron chi connectivity index (χ3n) is 5.23. The van der Waals surface area contributed by atoms with Crippen molar-refractivity contribution in [1.82, 2.24) is 24.5 Å². The van der Waals surface area contributed by atoms with Gasteiger partial charge in [0.2, 0.25) is 0 Å². The van der Waals surface area contributed by atoms with Crippen LogP contribution >= 0.6 is 0 Å². The second-order valence-corrected chi connectivity index (χ2v) is 7.05. The summed E-state index contributed by atoms with van der Waals surface area (Å²) in [6.45, 7) is 0.